The van der Waals surface area contributed by atoms with Crippen LogP contribution in [0.5, 0.6) is 0 Å². The Morgan fingerprint density at radius 2 is 2.24 bits per heavy atom. The Labute approximate surface area is 126 Å². The molecule has 2 atom stereocenters. The molecule has 0 aromatic carbocycles. The van der Waals surface area contributed by atoms with Crippen molar-refractivity contribution in [1.29, 1.82) is 0 Å². The number of rotatable bonds is 5. The molecule has 0 spiro atoms. The van der Waals surface area contributed by atoms with E-state index in [1.54, 1.807) is 0 Å². The minimum Gasteiger partial charge on any atom is -0.378 e. The van der Waals surface area contributed by atoms with Crippen LogP contribution in [0.2, 0.25) is 0 Å². The average molecular weight is 319 g/mol. The lowest BCUT2D eigenvalue weighted by Gasteiger charge is -2.38. The number of morpholine rings is 1. The van der Waals surface area contributed by atoms with E-state index in [2.05, 4.69) is 10.0 Å². The van der Waals surface area contributed by atoms with Gasteiger partial charge in [0.2, 0.25) is 15.9 Å². The van der Waals surface area contributed by atoms with Crippen molar-refractivity contribution in [2.24, 2.45) is 0 Å². The summed E-state index contributed by atoms with van der Waals surface area (Å²) in [5, 5.41) is 3.19. The number of nitrogens with zero attached hydrogens (tertiary/aromatic N) is 1. The van der Waals surface area contributed by atoms with Gasteiger partial charge in [-0.3, -0.25) is 4.79 Å². The molecule has 2 fully saturated rings. The van der Waals surface area contributed by atoms with Crippen LogP contribution in [0.1, 0.15) is 25.7 Å². The van der Waals surface area contributed by atoms with Crippen molar-refractivity contribution in [3.05, 3.63) is 0 Å². The first-order valence-electron chi connectivity index (χ1n) is 7.53. The quantitative estimate of drug-likeness (QED) is 0.699. The van der Waals surface area contributed by atoms with Crippen LogP contribution in [-0.2, 0) is 19.6 Å². The highest BCUT2D eigenvalue weighted by Gasteiger charge is 2.32. The van der Waals surface area contributed by atoms with Gasteiger partial charge in [-0.25, -0.2) is 13.1 Å². The first-order chi connectivity index (χ1) is 9.97. The number of carbonyl (C=O) groups excluding carboxylic acids is 1. The van der Waals surface area contributed by atoms with Crippen molar-refractivity contribution >= 4 is 15.9 Å². The lowest BCUT2D eigenvalue weighted by Crippen LogP contribution is -2.56. The van der Waals surface area contributed by atoms with Gasteiger partial charge in [-0.1, -0.05) is 0 Å². The van der Waals surface area contributed by atoms with Crippen molar-refractivity contribution in [2.75, 3.05) is 39.1 Å². The van der Waals surface area contributed by atoms with Gasteiger partial charge in [-0.15, -0.1) is 0 Å². The number of nitrogens with one attached hydrogen (secondary N) is 2. The average Bonchev–Trinajstić information content (AvgIpc) is 2.47. The molecule has 2 aliphatic heterocycles. The van der Waals surface area contributed by atoms with E-state index in [-0.39, 0.29) is 18.0 Å². The van der Waals surface area contributed by atoms with Crippen molar-refractivity contribution in [3.63, 3.8) is 0 Å². The maximum absolute atomic E-state index is 12.6. The van der Waals surface area contributed by atoms with Crippen LogP contribution in [-0.4, -0.2) is 70.4 Å². The van der Waals surface area contributed by atoms with Crippen molar-refractivity contribution in [1.82, 2.24) is 14.9 Å². The Hall–Kier alpha value is -0.700. The summed E-state index contributed by atoms with van der Waals surface area (Å²) in [4.78, 5) is 14.5. The van der Waals surface area contributed by atoms with Gasteiger partial charge in [0.15, 0.2) is 0 Å². The normalized spacial score (nSPS) is 27.6. The van der Waals surface area contributed by atoms with E-state index in [1.165, 1.54) is 0 Å². The van der Waals surface area contributed by atoms with Crippen LogP contribution >= 0.6 is 0 Å². The zero-order valence-electron chi connectivity index (χ0n) is 12.5. The monoisotopic (exact) mass is 319 g/mol. The molecular formula is C13H25N3O4S. The Kier molecular flexibility index (Phi) is 5.98. The lowest BCUT2D eigenvalue weighted by atomic mass is 9.98. The summed E-state index contributed by atoms with van der Waals surface area (Å²) in [7, 11) is -3.17. The summed E-state index contributed by atoms with van der Waals surface area (Å²) in [6.07, 6.45) is 4.84. The van der Waals surface area contributed by atoms with E-state index in [4.69, 9.17) is 4.74 Å². The number of hydrogen-bond acceptors (Lipinski definition) is 5. The second kappa shape index (κ2) is 7.53. The Morgan fingerprint density at radius 1 is 1.43 bits per heavy atom. The van der Waals surface area contributed by atoms with E-state index in [1.807, 2.05) is 4.90 Å². The Bertz CT molecular complexity index is 448. The molecule has 8 heteroatoms. The van der Waals surface area contributed by atoms with Crippen molar-refractivity contribution in [3.8, 4) is 0 Å². The number of carbonyl (C=O) groups is 1. The van der Waals surface area contributed by atoms with Gasteiger partial charge in [-0.05, 0) is 25.7 Å². The summed E-state index contributed by atoms with van der Waals surface area (Å²) in [5.41, 5.74) is 0. The first kappa shape index (κ1) is 16.7. The zero-order chi connectivity index (χ0) is 15.3. The fourth-order valence-corrected chi connectivity index (χ4v) is 3.41. The minimum absolute atomic E-state index is 0.0822. The summed E-state index contributed by atoms with van der Waals surface area (Å²) in [6, 6.07) is -0.147. The first-order valence-corrected chi connectivity index (χ1v) is 9.43. The fourth-order valence-electron chi connectivity index (χ4n) is 2.93. The summed E-state index contributed by atoms with van der Waals surface area (Å²) in [5.74, 6) is 0.0822. The molecule has 1 amide bonds. The number of amides is 1. The van der Waals surface area contributed by atoms with Gasteiger partial charge in [-0.2, -0.15) is 0 Å². The molecule has 122 valence electrons. The number of sulfonamides is 1. The second-order valence-electron chi connectivity index (χ2n) is 5.72. The van der Waals surface area contributed by atoms with E-state index >= 15 is 0 Å². The molecule has 0 aromatic heterocycles. The summed E-state index contributed by atoms with van der Waals surface area (Å²) in [6.45, 7) is 2.89. The Balaban J connectivity index is 1.89. The molecule has 2 N–H and O–H groups in total. The standard InChI is InChI=1S/C13H25N3O4S/c1-21(18,19)15-6-5-11-4-2-3-8-16(11)13(17)12-10-20-9-7-14-12/h11-12,14-15H,2-10H2,1H3. The molecule has 2 aliphatic rings. The van der Waals surface area contributed by atoms with Crippen LogP contribution in [0.3, 0.4) is 0 Å². The van der Waals surface area contributed by atoms with E-state index in [0.29, 0.717) is 32.7 Å². The van der Waals surface area contributed by atoms with Crippen molar-refractivity contribution < 1.29 is 17.9 Å². The van der Waals surface area contributed by atoms with Crippen LogP contribution in [0.25, 0.3) is 0 Å². The maximum atomic E-state index is 12.6. The fraction of sp³-hybridized carbons (Fsp3) is 0.923. The molecule has 21 heavy (non-hydrogen) atoms. The highest BCUT2D eigenvalue weighted by Crippen LogP contribution is 2.20. The van der Waals surface area contributed by atoms with Crippen LogP contribution < -0.4 is 10.0 Å². The molecule has 2 unspecified atom stereocenters. The van der Waals surface area contributed by atoms with Gasteiger partial charge in [0.1, 0.15) is 6.04 Å². The van der Waals surface area contributed by atoms with Gasteiger partial charge >= 0.3 is 0 Å². The molecule has 0 saturated carbocycles. The molecular weight excluding hydrogens is 294 g/mol. The zero-order valence-corrected chi connectivity index (χ0v) is 13.3. The number of likely N-dealkylation sites (tertiary alicyclic amines) is 1. The molecule has 0 aliphatic carbocycles. The van der Waals surface area contributed by atoms with Gasteiger partial charge in [0.05, 0.1) is 19.5 Å². The third-order valence-electron chi connectivity index (χ3n) is 3.97. The predicted octanol–water partition coefficient (Wildman–Crippen LogP) is -0.705. The van der Waals surface area contributed by atoms with Crippen LogP contribution in [0.4, 0.5) is 0 Å². The minimum atomic E-state index is -3.17. The largest absolute Gasteiger partial charge is 0.378 e. The third kappa shape index (κ3) is 5.21. The second-order valence-corrected chi connectivity index (χ2v) is 7.55. The van der Waals surface area contributed by atoms with Gasteiger partial charge in [0, 0.05) is 25.7 Å². The highest BCUT2D eigenvalue weighted by molar-refractivity contribution is 7.88. The van der Waals surface area contributed by atoms with Crippen LogP contribution in [0.15, 0.2) is 0 Å². The topological polar surface area (TPSA) is 87.7 Å². The number of piperidine rings is 1. The van der Waals surface area contributed by atoms with Gasteiger partial charge < -0.3 is 15.0 Å². The van der Waals surface area contributed by atoms with E-state index < -0.39 is 10.0 Å². The molecule has 0 aromatic rings. The van der Waals surface area contributed by atoms with Crippen LogP contribution in [0, 0.1) is 0 Å². The predicted molar refractivity (Wildman–Crippen MR) is 79.4 cm³/mol. The maximum Gasteiger partial charge on any atom is 0.242 e. The molecule has 2 heterocycles. The molecule has 2 saturated heterocycles. The molecule has 0 radical (unpaired) electrons. The van der Waals surface area contributed by atoms with E-state index in [9.17, 15) is 13.2 Å². The number of hydrogen-bond donors (Lipinski definition) is 2. The number of ether oxygens (including phenoxy) is 1. The molecule has 7 nitrogen and oxygen atoms in total. The highest BCUT2D eigenvalue weighted by atomic mass is 32.2. The summed E-state index contributed by atoms with van der Waals surface area (Å²) >= 11 is 0. The lowest BCUT2D eigenvalue weighted by molar-refractivity contribution is -0.140. The molecule has 2 rings (SSSR count). The smallest absolute Gasteiger partial charge is 0.242 e. The molecule has 0 bridgehead atoms. The SMILES string of the molecule is CS(=O)(=O)NCCC1CCCCN1C(=O)C1COCCN1. The van der Waals surface area contributed by atoms with Gasteiger partial charge in [0.25, 0.3) is 0 Å². The summed E-state index contributed by atoms with van der Waals surface area (Å²) < 4.78 is 30.1. The third-order valence-corrected chi connectivity index (χ3v) is 4.70. The Morgan fingerprint density at radius 3 is 2.90 bits per heavy atom. The van der Waals surface area contributed by atoms with Crippen molar-refractivity contribution in [2.45, 2.75) is 37.8 Å². The van der Waals surface area contributed by atoms with E-state index in [0.717, 1.165) is 32.1 Å².